The van der Waals surface area contributed by atoms with Crippen LogP contribution in [0.25, 0.3) is 0 Å². The minimum absolute atomic E-state index is 0.905. The van der Waals surface area contributed by atoms with Crippen LogP contribution in [-0.4, -0.2) is 0 Å². The van der Waals surface area contributed by atoms with Crippen molar-refractivity contribution in [3.63, 3.8) is 0 Å². The molecule has 0 unspecified atom stereocenters. The minimum Gasteiger partial charge on any atom is -0.387 e. The summed E-state index contributed by atoms with van der Waals surface area (Å²) in [6.45, 7) is 0. The van der Waals surface area contributed by atoms with Crippen molar-refractivity contribution in [3.05, 3.63) is 48.2 Å². The van der Waals surface area contributed by atoms with Gasteiger partial charge >= 0.3 is 0 Å². The van der Waals surface area contributed by atoms with E-state index in [9.17, 15) is 0 Å². The van der Waals surface area contributed by atoms with Gasteiger partial charge in [-0.05, 0) is 30.7 Å². The molecule has 0 atom stereocenters. The molecule has 0 aromatic carbocycles. The van der Waals surface area contributed by atoms with Gasteiger partial charge < -0.3 is 9.68 Å². The number of hydrogen-bond acceptors (Lipinski definition) is 4. The van der Waals surface area contributed by atoms with Gasteiger partial charge in [0.05, 0.1) is 0 Å². The Bertz CT molecular complexity index is 297. The highest BCUT2D eigenvalue weighted by atomic mass is 16.7. The largest absolute Gasteiger partial charge is 0.387 e. The predicted octanol–water partition coefficient (Wildman–Crippen LogP) is 2.02. The van der Waals surface area contributed by atoms with Crippen LogP contribution in [0.3, 0.4) is 0 Å². The van der Waals surface area contributed by atoms with E-state index in [-0.39, 0.29) is 0 Å². The molecule has 2 N–H and O–H groups in total. The number of allylic oxidation sites excluding steroid dienone is 6. The molecule has 0 saturated carbocycles. The molecule has 2 aliphatic heterocycles. The average Bonchev–Trinajstić information content (AvgIpc) is 2.32. The maximum atomic E-state index is 5.20. The van der Waals surface area contributed by atoms with Gasteiger partial charge in [-0.2, -0.15) is 0 Å². The molecule has 2 heterocycles. The predicted molar refractivity (Wildman–Crippen MR) is 56.7 cm³/mol. The first-order chi connectivity index (χ1) is 7.45. The van der Waals surface area contributed by atoms with Gasteiger partial charge in [-0.25, -0.2) is 11.0 Å². The molecular formula is C11H14N2O2. The first-order valence-electron chi connectivity index (χ1n) is 5.01. The Morgan fingerprint density at radius 2 is 1.40 bits per heavy atom. The normalized spacial score (nSPS) is 17.9. The second-order valence-electron chi connectivity index (χ2n) is 3.28. The van der Waals surface area contributed by atoms with Crippen molar-refractivity contribution >= 4 is 0 Å². The molecular weight excluding hydrogens is 192 g/mol. The van der Waals surface area contributed by atoms with Crippen LogP contribution in [0, 0.1) is 0 Å². The van der Waals surface area contributed by atoms with Gasteiger partial charge in [0.25, 0.3) is 0 Å². The molecule has 0 radical (unpaired) electrons. The molecule has 2 rings (SSSR count). The van der Waals surface area contributed by atoms with Gasteiger partial charge in [-0.1, -0.05) is 0 Å². The van der Waals surface area contributed by atoms with Crippen LogP contribution in [-0.2, 0) is 9.68 Å². The fraction of sp³-hybridized carbons (Fsp3) is 0.273. The molecule has 0 amide bonds. The molecule has 0 saturated heterocycles. The Morgan fingerprint density at radius 3 is 1.80 bits per heavy atom. The molecule has 4 heteroatoms. The standard InChI is InChI=1S/C11H14N2O2/c1(4-10-6-2-8-12-14-10)5-11-7-3-9-13-15-11/h2-3,6-9,12-13H,1,4-5H2. The maximum Gasteiger partial charge on any atom is 0.132 e. The lowest BCUT2D eigenvalue weighted by molar-refractivity contribution is 0.119. The van der Waals surface area contributed by atoms with Crippen molar-refractivity contribution in [1.82, 2.24) is 11.0 Å². The van der Waals surface area contributed by atoms with E-state index in [0.29, 0.717) is 0 Å². The zero-order valence-corrected chi connectivity index (χ0v) is 8.40. The number of hydrogen-bond donors (Lipinski definition) is 2. The fourth-order valence-electron chi connectivity index (χ4n) is 1.38. The van der Waals surface area contributed by atoms with Gasteiger partial charge in [-0.15, -0.1) is 0 Å². The SMILES string of the molecule is C1=CNOC(CCCC2=CC=CNO2)=C1. The fourth-order valence-corrected chi connectivity index (χ4v) is 1.38. The van der Waals surface area contributed by atoms with Gasteiger partial charge in [0.2, 0.25) is 0 Å². The topological polar surface area (TPSA) is 42.5 Å². The number of hydroxylamine groups is 2. The lowest BCUT2D eigenvalue weighted by Gasteiger charge is -2.13. The van der Waals surface area contributed by atoms with Crippen molar-refractivity contribution in [2.75, 3.05) is 0 Å². The van der Waals surface area contributed by atoms with Crippen LogP contribution >= 0.6 is 0 Å². The molecule has 2 aliphatic rings. The average molecular weight is 206 g/mol. The summed E-state index contributed by atoms with van der Waals surface area (Å²) in [5.74, 6) is 1.91. The van der Waals surface area contributed by atoms with E-state index in [1.54, 1.807) is 12.4 Å². The lowest BCUT2D eigenvalue weighted by Crippen LogP contribution is -2.11. The van der Waals surface area contributed by atoms with E-state index in [0.717, 1.165) is 30.8 Å². The summed E-state index contributed by atoms with van der Waals surface area (Å²) in [7, 11) is 0. The first-order valence-corrected chi connectivity index (χ1v) is 5.01. The summed E-state index contributed by atoms with van der Waals surface area (Å²) >= 11 is 0. The zero-order chi connectivity index (χ0) is 10.3. The summed E-state index contributed by atoms with van der Waals surface area (Å²) in [4.78, 5) is 10.4. The van der Waals surface area contributed by atoms with Crippen molar-refractivity contribution in [2.45, 2.75) is 19.3 Å². The summed E-state index contributed by atoms with van der Waals surface area (Å²) in [6.07, 6.45) is 14.1. The maximum absolute atomic E-state index is 5.20. The first kappa shape index (κ1) is 9.71. The summed E-state index contributed by atoms with van der Waals surface area (Å²) in [6, 6.07) is 0. The Balaban J connectivity index is 1.70. The van der Waals surface area contributed by atoms with E-state index >= 15 is 0 Å². The van der Waals surface area contributed by atoms with E-state index in [4.69, 9.17) is 9.68 Å². The molecule has 0 aliphatic carbocycles. The monoisotopic (exact) mass is 206 g/mol. The second kappa shape index (κ2) is 5.14. The van der Waals surface area contributed by atoms with Crippen LogP contribution in [0.4, 0.5) is 0 Å². The molecule has 0 bridgehead atoms. The Labute approximate surface area is 88.9 Å². The molecule has 80 valence electrons. The van der Waals surface area contributed by atoms with E-state index in [1.165, 1.54) is 0 Å². The van der Waals surface area contributed by atoms with Crippen LogP contribution < -0.4 is 11.0 Å². The van der Waals surface area contributed by atoms with Crippen molar-refractivity contribution in [3.8, 4) is 0 Å². The van der Waals surface area contributed by atoms with Gasteiger partial charge in [-0.3, -0.25) is 0 Å². The third-order valence-corrected chi connectivity index (χ3v) is 2.12. The van der Waals surface area contributed by atoms with Gasteiger partial charge in [0, 0.05) is 25.2 Å². The smallest absolute Gasteiger partial charge is 0.132 e. The molecule has 4 nitrogen and oxygen atoms in total. The van der Waals surface area contributed by atoms with Crippen LogP contribution in [0.2, 0.25) is 0 Å². The van der Waals surface area contributed by atoms with Gasteiger partial charge in [0.15, 0.2) is 0 Å². The summed E-state index contributed by atoms with van der Waals surface area (Å²) < 4.78 is 0. The van der Waals surface area contributed by atoms with E-state index in [1.807, 2.05) is 24.3 Å². The highest BCUT2D eigenvalue weighted by Gasteiger charge is 2.04. The van der Waals surface area contributed by atoms with Crippen LogP contribution in [0.15, 0.2) is 48.2 Å². The molecule has 15 heavy (non-hydrogen) atoms. The number of rotatable bonds is 4. The quantitative estimate of drug-likeness (QED) is 0.738. The van der Waals surface area contributed by atoms with Crippen molar-refractivity contribution < 1.29 is 9.68 Å². The van der Waals surface area contributed by atoms with Gasteiger partial charge in [0.1, 0.15) is 11.5 Å². The lowest BCUT2D eigenvalue weighted by atomic mass is 10.1. The molecule has 0 aromatic rings. The van der Waals surface area contributed by atoms with E-state index in [2.05, 4.69) is 11.0 Å². The molecule has 0 fully saturated rings. The summed E-state index contributed by atoms with van der Waals surface area (Å²) in [5, 5.41) is 0. The van der Waals surface area contributed by atoms with Crippen LogP contribution in [0.5, 0.6) is 0 Å². The van der Waals surface area contributed by atoms with E-state index < -0.39 is 0 Å². The highest BCUT2D eigenvalue weighted by Crippen LogP contribution is 2.15. The third kappa shape index (κ3) is 3.09. The Kier molecular flexibility index (Phi) is 3.33. The third-order valence-electron chi connectivity index (χ3n) is 2.12. The summed E-state index contributed by atoms with van der Waals surface area (Å²) in [5.41, 5.74) is 5.41. The number of nitrogens with one attached hydrogen (secondary N) is 2. The van der Waals surface area contributed by atoms with Crippen molar-refractivity contribution in [2.24, 2.45) is 0 Å². The van der Waals surface area contributed by atoms with Crippen molar-refractivity contribution in [1.29, 1.82) is 0 Å². The highest BCUT2D eigenvalue weighted by molar-refractivity contribution is 5.11. The van der Waals surface area contributed by atoms with Crippen LogP contribution in [0.1, 0.15) is 19.3 Å². The second-order valence-corrected chi connectivity index (χ2v) is 3.28. The molecule has 0 spiro atoms. The Hall–Kier alpha value is -1.84. The Morgan fingerprint density at radius 1 is 0.867 bits per heavy atom. The molecule has 0 aromatic heterocycles. The zero-order valence-electron chi connectivity index (χ0n) is 8.40. The minimum atomic E-state index is 0.905.